The van der Waals surface area contributed by atoms with Crippen molar-refractivity contribution in [2.75, 3.05) is 0 Å². The molecule has 28 heavy (non-hydrogen) atoms. The van der Waals surface area contributed by atoms with E-state index in [4.69, 9.17) is 4.74 Å². The molecule has 0 radical (unpaired) electrons. The van der Waals surface area contributed by atoms with Crippen LogP contribution in [0.5, 0.6) is 0 Å². The fourth-order valence-corrected chi connectivity index (χ4v) is 4.69. The van der Waals surface area contributed by atoms with Gasteiger partial charge in [0, 0.05) is 0 Å². The fraction of sp³-hybridized carbons (Fsp3) is 0.739. The van der Waals surface area contributed by atoms with Crippen molar-refractivity contribution in [2.45, 2.75) is 90.3 Å². The second kappa shape index (κ2) is 9.15. The van der Waals surface area contributed by atoms with Crippen LogP contribution in [0.2, 0.25) is 0 Å². The average molecular weight is 401 g/mol. The lowest BCUT2D eigenvalue weighted by atomic mass is 9.81. The normalized spacial score (nSPS) is 29.1. The number of alkyl halides is 2. The van der Waals surface area contributed by atoms with Crippen molar-refractivity contribution in [3.8, 4) is 0 Å². The van der Waals surface area contributed by atoms with E-state index in [-0.39, 0.29) is 6.10 Å². The highest BCUT2D eigenvalue weighted by atomic mass is 19.3. The molecule has 1 nitrogen and oxygen atoms in total. The van der Waals surface area contributed by atoms with E-state index in [1.165, 1.54) is 0 Å². The Morgan fingerprint density at radius 2 is 1.57 bits per heavy atom. The molecule has 2 aliphatic carbocycles. The van der Waals surface area contributed by atoms with Crippen LogP contribution in [-0.2, 0) is 11.2 Å². The van der Waals surface area contributed by atoms with Crippen LogP contribution in [0.15, 0.2) is 12.1 Å². The molecule has 1 aromatic rings. The van der Waals surface area contributed by atoms with E-state index in [1.54, 1.807) is 19.1 Å². The second-order valence-corrected chi connectivity index (χ2v) is 8.99. The Kier molecular flexibility index (Phi) is 7.06. The third-order valence-corrected chi connectivity index (χ3v) is 6.79. The minimum atomic E-state index is -3.03. The van der Waals surface area contributed by atoms with Gasteiger partial charge in [-0.2, -0.15) is 8.78 Å². The first-order valence-corrected chi connectivity index (χ1v) is 10.8. The first kappa shape index (κ1) is 21.6. The molecule has 2 saturated carbocycles. The van der Waals surface area contributed by atoms with Gasteiger partial charge in [0.25, 0.3) is 0 Å². The summed E-state index contributed by atoms with van der Waals surface area (Å²) in [4.78, 5) is 0. The smallest absolute Gasteiger partial charge is 0.317 e. The van der Waals surface area contributed by atoms with Crippen LogP contribution in [0.3, 0.4) is 0 Å². The van der Waals surface area contributed by atoms with E-state index >= 15 is 0 Å². The minimum absolute atomic E-state index is 0.312. The predicted molar refractivity (Wildman–Crippen MR) is 102 cm³/mol. The molecule has 158 valence electrons. The number of ether oxygens (including phenoxy) is 1. The minimum Gasteiger partial charge on any atom is -0.317 e. The van der Waals surface area contributed by atoms with Gasteiger partial charge in [-0.1, -0.05) is 31.9 Å². The topological polar surface area (TPSA) is 9.23 Å². The van der Waals surface area contributed by atoms with Crippen molar-refractivity contribution < 1.29 is 22.3 Å². The third kappa shape index (κ3) is 5.28. The van der Waals surface area contributed by atoms with Gasteiger partial charge >= 0.3 is 6.11 Å². The fourth-order valence-electron chi connectivity index (χ4n) is 4.69. The van der Waals surface area contributed by atoms with Gasteiger partial charge in [0.15, 0.2) is 11.6 Å². The molecule has 0 N–H and O–H groups in total. The average Bonchev–Trinajstić information content (AvgIpc) is 2.67. The standard InChI is InChI=1S/C23H32F4O/c1-15-3-11-19(12-4-15)23(26,27)28-20-13-7-17(8-14-20)6-10-18-9-5-16(2)21(24)22(18)25/h5,9,15,17,19-20H,3-4,6-8,10-14H2,1-2H3. The van der Waals surface area contributed by atoms with Crippen LogP contribution in [0.4, 0.5) is 17.6 Å². The number of aryl methyl sites for hydroxylation is 2. The number of hydrogen-bond donors (Lipinski definition) is 0. The second-order valence-electron chi connectivity index (χ2n) is 8.99. The zero-order chi connectivity index (χ0) is 20.3. The maximum atomic E-state index is 14.5. The maximum absolute atomic E-state index is 14.5. The van der Waals surface area contributed by atoms with Crippen molar-refractivity contribution in [3.05, 3.63) is 34.9 Å². The van der Waals surface area contributed by atoms with E-state index in [0.29, 0.717) is 55.1 Å². The molecule has 0 heterocycles. The molecule has 0 unspecified atom stereocenters. The van der Waals surface area contributed by atoms with E-state index in [2.05, 4.69) is 6.92 Å². The van der Waals surface area contributed by atoms with Gasteiger partial charge in [-0.3, -0.25) is 0 Å². The van der Waals surface area contributed by atoms with E-state index in [0.717, 1.165) is 32.1 Å². The summed E-state index contributed by atoms with van der Waals surface area (Å²) in [5.74, 6) is -1.28. The third-order valence-electron chi connectivity index (χ3n) is 6.79. The zero-order valence-corrected chi connectivity index (χ0v) is 17.0. The van der Waals surface area contributed by atoms with Crippen molar-refractivity contribution in [1.29, 1.82) is 0 Å². The van der Waals surface area contributed by atoms with Crippen molar-refractivity contribution in [3.63, 3.8) is 0 Å². The molecule has 2 fully saturated rings. The Bertz CT molecular complexity index is 644. The van der Waals surface area contributed by atoms with Crippen molar-refractivity contribution >= 4 is 0 Å². The van der Waals surface area contributed by atoms with Gasteiger partial charge in [0.1, 0.15) is 0 Å². The van der Waals surface area contributed by atoms with Crippen LogP contribution in [-0.4, -0.2) is 12.2 Å². The number of halogens is 4. The Hall–Kier alpha value is -1.10. The summed E-state index contributed by atoms with van der Waals surface area (Å²) in [6.07, 6.45) is 3.46. The predicted octanol–water partition coefficient (Wildman–Crippen LogP) is 7.20. The molecule has 2 aliphatic rings. The van der Waals surface area contributed by atoms with E-state index in [9.17, 15) is 17.6 Å². The molecule has 0 atom stereocenters. The summed E-state index contributed by atoms with van der Waals surface area (Å²) in [5, 5.41) is 0. The first-order chi connectivity index (χ1) is 13.3. The summed E-state index contributed by atoms with van der Waals surface area (Å²) < 4.78 is 61.9. The van der Waals surface area contributed by atoms with Gasteiger partial charge in [0.05, 0.1) is 12.0 Å². The molecule has 0 amide bonds. The highest BCUT2D eigenvalue weighted by molar-refractivity contribution is 5.25. The summed E-state index contributed by atoms with van der Waals surface area (Å²) in [5.41, 5.74) is 0.715. The largest absolute Gasteiger partial charge is 0.358 e. The lowest BCUT2D eigenvalue weighted by Gasteiger charge is -2.36. The Labute approximate surface area is 165 Å². The lowest BCUT2D eigenvalue weighted by molar-refractivity contribution is -0.301. The molecule has 0 aliphatic heterocycles. The van der Waals surface area contributed by atoms with Crippen LogP contribution in [0.1, 0.15) is 75.8 Å². The van der Waals surface area contributed by atoms with Crippen LogP contribution in [0, 0.1) is 36.3 Å². The number of rotatable bonds is 6. The van der Waals surface area contributed by atoms with E-state index in [1.807, 2.05) is 0 Å². The highest BCUT2D eigenvalue weighted by Gasteiger charge is 2.44. The maximum Gasteiger partial charge on any atom is 0.358 e. The molecular formula is C23H32F4O. The quantitative estimate of drug-likeness (QED) is 0.459. The molecule has 5 heteroatoms. The Morgan fingerprint density at radius 3 is 2.21 bits per heavy atom. The molecule has 1 aromatic carbocycles. The zero-order valence-electron chi connectivity index (χ0n) is 17.0. The van der Waals surface area contributed by atoms with Crippen LogP contribution in [0.25, 0.3) is 0 Å². The van der Waals surface area contributed by atoms with Gasteiger partial charge in [0.2, 0.25) is 0 Å². The lowest BCUT2D eigenvalue weighted by Crippen LogP contribution is -2.38. The highest BCUT2D eigenvalue weighted by Crippen LogP contribution is 2.42. The van der Waals surface area contributed by atoms with Crippen molar-refractivity contribution in [2.24, 2.45) is 17.8 Å². The molecule has 0 saturated heterocycles. The summed E-state index contributed by atoms with van der Waals surface area (Å²) >= 11 is 0. The van der Waals surface area contributed by atoms with Gasteiger partial charge in [-0.25, -0.2) is 8.78 Å². The monoisotopic (exact) mass is 400 g/mol. The molecule has 0 bridgehead atoms. The summed E-state index contributed by atoms with van der Waals surface area (Å²) in [7, 11) is 0. The van der Waals surface area contributed by atoms with Crippen molar-refractivity contribution in [1.82, 2.24) is 0 Å². The van der Waals surface area contributed by atoms with Gasteiger partial charge in [-0.05, 0) is 81.3 Å². The summed E-state index contributed by atoms with van der Waals surface area (Å²) in [6.45, 7) is 3.67. The molecule has 0 aromatic heterocycles. The Morgan fingerprint density at radius 1 is 0.929 bits per heavy atom. The van der Waals surface area contributed by atoms with Gasteiger partial charge in [-0.15, -0.1) is 0 Å². The number of hydrogen-bond acceptors (Lipinski definition) is 1. The van der Waals surface area contributed by atoms with Gasteiger partial charge < -0.3 is 4.74 Å². The first-order valence-electron chi connectivity index (χ1n) is 10.8. The van der Waals surface area contributed by atoms with Crippen LogP contribution >= 0.6 is 0 Å². The number of benzene rings is 1. The Balaban J connectivity index is 1.44. The SMILES string of the molecule is Cc1ccc(CCC2CCC(OC(F)(F)C3CCC(C)CC3)CC2)c(F)c1F. The molecule has 3 rings (SSSR count). The summed E-state index contributed by atoms with van der Waals surface area (Å²) in [6, 6.07) is 3.25. The molecular weight excluding hydrogens is 368 g/mol. The molecule has 0 spiro atoms. The van der Waals surface area contributed by atoms with Crippen LogP contribution < -0.4 is 0 Å². The van der Waals surface area contributed by atoms with E-state index < -0.39 is 23.7 Å².